The van der Waals surface area contributed by atoms with Crippen molar-refractivity contribution in [3.63, 3.8) is 0 Å². The fraction of sp³-hybridized carbons (Fsp3) is 0.273. The molecular formula is C11H11N5O2. The molecule has 0 unspecified atom stereocenters. The van der Waals surface area contributed by atoms with Crippen molar-refractivity contribution in [3.05, 3.63) is 24.9 Å². The zero-order chi connectivity index (χ0) is 12.5. The van der Waals surface area contributed by atoms with Gasteiger partial charge in [-0.3, -0.25) is 0 Å². The lowest BCUT2D eigenvalue weighted by Gasteiger charge is -2.08. The van der Waals surface area contributed by atoms with E-state index < -0.39 is 6.10 Å². The molecule has 1 atom stereocenters. The molecular weight excluding hydrogens is 234 g/mol. The summed E-state index contributed by atoms with van der Waals surface area (Å²) < 4.78 is 1.69. The second-order valence-corrected chi connectivity index (χ2v) is 4.00. The minimum Gasteiger partial charge on any atom is -0.394 e. The van der Waals surface area contributed by atoms with Crippen molar-refractivity contribution in [2.24, 2.45) is 0 Å². The molecule has 0 aliphatic rings. The highest BCUT2D eigenvalue weighted by molar-refractivity contribution is 5.86. The lowest BCUT2D eigenvalue weighted by atomic mass is 10.3. The number of imidazole rings is 1. The molecule has 0 spiro atoms. The summed E-state index contributed by atoms with van der Waals surface area (Å²) in [5.74, 6) is 0. The summed E-state index contributed by atoms with van der Waals surface area (Å²) in [6.45, 7) is -0.0496. The Balaban J connectivity index is 2.14. The first-order valence-corrected chi connectivity index (χ1v) is 5.48. The highest BCUT2D eigenvalue weighted by atomic mass is 16.3. The molecule has 3 heterocycles. The van der Waals surface area contributed by atoms with Gasteiger partial charge in [-0.15, -0.1) is 0 Å². The lowest BCUT2D eigenvalue weighted by molar-refractivity contribution is 0.0820. The van der Waals surface area contributed by atoms with Gasteiger partial charge in [-0.25, -0.2) is 19.9 Å². The SMILES string of the molecule is OC[C@@H](O)Cn1cnc2cc3cncnc3nc21. The van der Waals surface area contributed by atoms with Crippen LogP contribution in [0.4, 0.5) is 0 Å². The topological polar surface area (TPSA) is 97.0 Å². The Hall–Kier alpha value is -2.12. The maximum absolute atomic E-state index is 9.45. The number of aromatic nitrogens is 5. The van der Waals surface area contributed by atoms with Gasteiger partial charge in [-0.1, -0.05) is 0 Å². The van der Waals surface area contributed by atoms with Crippen molar-refractivity contribution in [1.82, 2.24) is 24.5 Å². The van der Waals surface area contributed by atoms with Gasteiger partial charge in [0.1, 0.15) is 11.8 Å². The molecule has 3 aromatic rings. The number of rotatable bonds is 3. The van der Waals surface area contributed by atoms with Crippen molar-refractivity contribution in [3.8, 4) is 0 Å². The van der Waals surface area contributed by atoms with E-state index in [2.05, 4.69) is 19.9 Å². The van der Waals surface area contributed by atoms with Gasteiger partial charge in [0.15, 0.2) is 11.3 Å². The average molecular weight is 245 g/mol. The summed E-state index contributed by atoms with van der Waals surface area (Å²) in [6, 6.07) is 1.85. The van der Waals surface area contributed by atoms with E-state index in [0.29, 0.717) is 16.8 Å². The average Bonchev–Trinajstić information content (AvgIpc) is 2.78. The predicted molar refractivity (Wildman–Crippen MR) is 63.7 cm³/mol. The third-order valence-electron chi connectivity index (χ3n) is 2.68. The van der Waals surface area contributed by atoms with Crippen molar-refractivity contribution in [2.45, 2.75) is 12.6 Å². The second kappa shape index (κ2) is 4.28. The van der Waals surface area contributed by atoms with Crippen LogP contribution >= 0.6 is 0 Å². The number of nitrogens with zero attached hydrogens (tertiary/aromatic N) is 5. The van der Waals surface area contributed by atoms with Crippen LogP contribution in [-0.2, 0) is 6.54 Å². The Morgan fingerprint density at radius 2 is 2.22 bits per heavy atom. The number of fused-ring (bicyclic) bond motifs is 2. The molecule has 18 heavy (non-hydrogen) atoms. The summed E-state index contributed by atoms with van der Waals surface area (Å²) in [5, 5.41) is 19.1. The van der Waals surface area contributed by atoms with Gasteiger partial charge in [0.2, 0.25) is 0 Å². The van der Waals surface area contributed by atoms with E-state index in [1.165, 1.54) is 6.33 Å². The van der Waals surface area contributed by atoms with Gasteiger partial charge in [0.25, 0.3) is 0 Å². The number of pyridine rings is 1. The number of aliphatic hydroxyl groups is 2. The van der Waals surface area contributed by atoms with E-state index in [0.717, 1.165) is 5.39 Å². The zero-order valence-corrected chi connectivity index (χ0v) is 9.43. The van der Waals surface area contributed by atoms with E-state index in [1.54, 1.807) is 17.1 Å². The van der Waals surface area contributed by atoms with E-state index >= 15 is 0 Å². The number of hydrogen-bond donors (Lipinski definition) is 2. The Labute approximate surface area is 102 Å². The standard InChI is InChI=1S/C11H11N5O2/c17-4-8(18)3-16-6-14-9-1-7-2-12-5-13-10(7)15-11(9)16/h1-2,5-6,8,17-18H,3-4H2/t8-/m0/s1. The quantitative estimate of drug-likeness (QED) is 0.659. The maximum Gasteiger partial charge on any atom is 0.164 e. The molecule has 0 aliphatic carbocycles. The molecule has 0 radical (unpaired) electrons. The van der Waals surface area contributed by atoms with Crippen molar-refractivity contribution in [1.29, 1.82) is 0 Å². The molecule has 3 aromatic heterocycles. The summed E-state index contributed by atoms with van der Waals surface area (Å²) >= 11 is 0. The summed E-state index contributed by atoms with van der Waals surface area (Å²) in [7, 11) is 0. The van der Waals surface area contributed by atoms with Crippen LogP contribution in [0, 0.1) is 0 Å². The molecule has 7 nitrogen and oxygen atoms in total. The molecule has 0 amide bonds. The van der Waals surface area contributed by atoms with Gasteiger partial charge in [-0.05, 0) is 6.07 Å². The van der Waals surface area contributed by atoms with Crippen LogP contribution in [0.2, 0.25) is 0 Å². The fourth-order valence-corrected chi connectivity index (χ4v) is 1.81. The molecule has 0 aliphatic heterocycles. The van der Waals surface area contributed by atoms with Crippen LogP contribution in [0.25, 0.3) is 22.2 Å². The molecule has 2 N–H and O–H groups in total. The third kappa shape index (κ3) is 1.79. The van der Waals surface area contributed by atoms with Crippen molar-refractivity contribution in [2.75, 3.05) is 6.61 Å². The molecule has 0 bridgehead atoms. The predicted octanol–water partition coefficient (Wildman–Crippen LogP) is -0.272. The van der Waals surface area contributed by atoms with Crippen molar-refractivity contribution >= 4 is 22.2 Å². The summed E-state index contributed by atoms with van der Waals surface area (Å²) in [6.07, 6.45) is 3.87. The molecule has 0 saturated carbocycles. The van der Waals surface area contributed by atoms with Gasteiger partial charge in [0, 0.05) is 11.6 Å². The van der Waals surface area contributed by atoms with Gasteiger partial charge >= 0.3 is 0 Å². The van der Waals surface area contributed by atoms with Crippen LogP contribution < -0.4 is 0 Å². The summed E-state index contributed by atoms with van der Waals surface area (Å²) in [5.41, 5.74) is 1.92. The molecule has 0 aromatic carbocycles. The lowest BCUT2D eigenvalue weighted by Crippen LogP contribution is -2.19. The fourth-order valence-electron chi connectivity index (χ4n) is 1.81. The number of aliphatic hydroxyl groups excluding tert-OH is 2. The first-order valence-electron chi connectivity index (χ1n) is 5.48. The van der Waals surface area contributed by atoms with Gasteiger partial charge in [-0.2, -0.15) is 0 Å². The second-order valence-electron chi connectivity index (χ2n) is 4.00. The molecule has 0 saturated heterocycles. The van der Waals surface area contributed by atoms with E-state index in [9.17, 15) is 5.11 Å². The normalized spacial score (nSPS) is 13.2. The Morgan fingerprint density at radius 3 is 3.06 bits per heavy atom. The molecule has 7 heteroatoms. The monoisotopic (exact) mass is 245 g/mol. The van der Waals surface area contributed by atoms with Crippen LogP contribution in [0.1, 0.15) is 0 Å². The van der Waals surface area contributed by atoms with Gasteiger partial charge < -0.3 is 14.8 Å². The Kier molecular flexibility index (Phi) is 2.62. The van der Waals surface area contributed by atoms with E-state index in [-0.39, 0.29) is 13.2 Å². The number of hydrogen-bond acceptors (Lipinski definition) is 6. The smallest absolute Gasteiger partial charge is 0.164 e. The molecule has 92 valence electrons. The van der Waals surface area contributed by atoms with Crippen LogP contribution in [0.5, 0.6) is 0 Å². The van der Waals surface area contributed by atoms with Crippen LogP contribution in [0.3, 0.4) is 0 Å². The highest BCUT2D eigenvalue weighted by Gasteiger charge is 2.10. The zero-order valence-electron chi connectivity index (χ0n) is 9.43. The minimum atomic E-state index is -0.828. The summed E-state index contributed by atoms with van der Waals surface area (Å²) in [4.78, 5) is 16.6. The highest BCUT2D eigenvalue weighted by Crippen LogP contribution is 2.16. The largest absolute Gasteiger partial charge is 0.394 e. The Bertz CT molecular complexity index is 696. The maximum atomic E-state index is 9.45. The van der Waals surface area contributed by atoms with Crippen LogP contribution in [-0.4, -0.2) is 47.4 Å². The van der Waals surface area contributed by atoms with E-state index in [4.69, 9.17) is 5.11 Å². The van der Waals surface area contributed by atoms with E-state index in [1.807, 2.05) is 6.07 Å². The van der Waals surface area contributed by atoms with Gasteiger partial charge in [0.05, 0.1) is 25.6 Å². The molecule has 3 rings (SSSR count). The molecule has 0 fully saturated rings. The van der Waals surface area contributed by atoms with Crippen molar-refractivity contribution < 1.29 is 10.2 Å². The third-order valence-corrected chi connectivity index (χ3v) is 2.68. The first kappa shape index (κ1) is 11.0. The first-order chi connectivity index (χ1) is 8.78. The van der Waals surface area contributed by atoms with Crippen LogP contribution in [0.15, 0.2) is 24.9 Å². The minimum absolute atomic E-state index is 0.247. The Morgan fingerprint density at radius 1 is 1.33 bits per heavy atom.